The molecule has 0 bridgehead atoms. The van der Waals surface area contributed by atoms with Crippen molar-refractivity contribution in [2.45, 2.75) is 46.1 Å². The van der Waals surface area contributed by atoms with Crippen molar-refractivity contribution in [1.29, 1.82) is 0 Å². The van der Waals surface area contributed by atoms with E-state index in [1.165, 1.54) is 32.4 Å². The Labute approximate surface area is 107 Å². The van der Waals surface area contributed by atoms with Crippen LogP contribution < -0.4 is 5.32 Å². The van der Waals surface area contributed by atoms with Crippen molar-refractivity contribution in [2.24, 2.45) is 5.92 Å². The number of nitrogens with one attached hydrogen (secondary N) is 1. The maximum atomic E-state index is 5.68. The van der Waals surface area contributed by atoms with Crippen LogP contribution in [0.2, 0.25) is 0 Å². The van der Waals surface area contributed by atoms with E-state index >= 15 is 0 Å². The van der Waals surface area contributed by atoms with Crippen LogP contribution in [0, 0.1) is 5.92 Å². The van der Waals surface area contributed by atoms with Crippen molar-refractivity contribution in [3.05, 3.63) is 0 Å². The molecule has 1 aliphatic heterocycles. The summed E-state index contributed by atoms with van der Waals surface area (Å²) in [6, 6.07) is 0.724. The largest absolute Gasteiger partial charge is 0.380 e. The van der Waals surface area contributed by atoms with Crippen LogP contribution in [0.4, 0.5) is 0 Å². The fourth-order valence-electron chi connectivity index (χ4n) is 2.17. The molecule has 0 aliphatic carbocycles. The standard InChI is InChI=1S/C14H30N2O/c1-4-14-5-8-16(9-7-15-14)10-12-17-11-6-13(2)3/h13-15H,4-12H2,1-3H3. The summed E-state index contributed by atoms with van der Waals surface area (Å²) in [5, 5.41) is 3.60. The Morgan fingerprint density at radius 2 is 2.12 bits per heavy atom. The fourth-order valence-corrected chi connectivity index (χ4v) is 2.17. The molecule has 0 saturated carbocycles. The summed E-state index contributed by atoms with van der Waals surface area (Å²) in [7, 11) is 0. The molecule has 1 fully saturated rings. The van der Waals surface area contributed by atoms with E-state index in [1.54, 1.807) is 0 Å². The average Bonchev–Trinajstić information content (AvgIpc) is 2.53. The van der Waals surface area contributed by atoms with Crippen molar-refractivity contribution in [3.63, 3.8) is 0 Å². The van der Waals surface area contributed by atoms with Gasteiger partial charge < -0.3 is 10.1 Å². The summed E-state index contributed by atoms with van der Waals surface area (Å²) in [6.45, 7) is 13.2. The van der Waals surface area contributed by atoms with Gasteiger partial charge in [0.25, 0.3) is 0 Å². The topological polar surface area (TPSA) is 24.5 Å². The molecule has 1 rings (SSSR count). The van der Waals surface area contributed by atoms with Gasteiger partial charge in [0.05, 0.1) is 6.61 Å². The molecule has 17 heavy (non-hydrogen) atoms. The predicted octanol–water partition coefficient (Wildman–Crippen LogP) is 2.12. The predicted molar refractivity (Wildman–Crippen MR) is 73.4 cm³/mol. The van der Waals surface area contributed by atoms with Gasteiger partial charge in [-0.2, -0.15) is 0 Å². The van der Waals surface area contributed by atoms with Crippen LogP contribution in [-0.2, 0) is 4.74 Å². The van der Waals surface area contributed by atoms with Gasteiger partial charge >= 0.3 is 0 Å². The Balaban J connectivity index is 2.03. The van der Waals surface area contributed by atoms with Crippen LogP contribution >= 0.6 is 0 Å². The maximum absolute atomic E-state index is 5.68. The van der Waals surface area contributed by atoms with E-state index in [0.29, 0.717) is 0 Å². The normalized spacial score (nSPS) is 22.9. The van der Waals surface area contributed by atoms with Crippen molar-refractivity contribution in [3.8, 4) is 0 Å². The lowest BCUT2D eigenvalue weighted by molar-refractivity contribution is 0.0977. The second kappa shape index (κ2) is 8.90. The van der Waals surface area contributed by atoms with Gasteiger partial charge in [-0.3, -0.25) is 4.90 Å². The third-order valence-corrected chi connectivity index (χ3v) is 3.54. The molecule has 0 radical (unpaired) electrons. The molecule has 0 aromatic rings. The summed E-state index contributed by atoms with van der Waals surface area (Å²) in [5.74, 6) is 0.752. The molecule has 1 saturated heterocycles. The van der Waals surface area contributed by atoms with E-state index in [1.807, 2.05) is 0 Å². The lowest BCUT2D eigenvalue weighted by atomic mass is 10.1. The zero-order chi connectivity index (χ0) is 12.5. The molecular weight excluding hydrogens is 212 g/mol. The van der Waals surface area contributed by atoms with Gasteiger partial charge in [0.15, 0.2) is 0 Å². The van der Waals surface area contributed by atoms with Crippen LogP contribution in [0.25, 0.3) is 0 Å². The first-order valence-electron chi connectivity index (χ1n) is 7.25. The monoisotopic (exact) mass is 242 g/mol. The quantitative estimate of drug-likeness (QED) is 0.692. The van der Waals surface area contributed by atoms with Crippen LogP contribution in [-0.4, -0.2) is 50.3 Å². The van der Waals surface area contributed by atoms with Gasteiger partial charge in [-0.15, -0.1) is 0 Å². The minimum absolute atomic E-state index is 0.724. The summed E-state index contributed by atoms with van der Waals surface area (Å²) < 4.78 is 5.68. The number of hydrogen-bond acceptors (Lipinski definition) is 3. The summed E-state index contributed by atoms with van der Waals surface area (Å²) >= 11 is 0. The molecule has 3 heteroatoms. The Morgan fingerprint density at radius 3 is 2.82 bits per heavy atom. The van der Waals surface area contributed by atoms with E-state index in [4.69, 9.17) is 4.74 Å². The van der Waals surface area contributed by atoms with Gasteiger partial charge in [0, 0.05) is 32.3 Å². The van der Waals surface area contributed by atoms with E-state index in [0.717, 1.165) is 38.3 Å². The van der Waals surface area contributed by atoms with Gasteiger partial charge in [0.1, 0.15) is 0 Å². The molecule has 0 spiro atoms. The lowest BCUT2D eigenvalue weighted by Crippen LogP contribution is -2.31. The highest BCUT2D eigenvalue weighted by molar-refractivity contribution is 4.73. The van der Waals surface area contributed by atoms with Gasteiger partial charge in [-0.25, -0.2) is 0 Å². The highest BCUT2D eigenvalue weighted by Crippen LogP contribution is 2.04. The van der Waals surface area contributed by atoms with Crippen LogP contribution in [0.5, 0.6) is 0 Å². The zero-order valence-electron chi connectivity index (χ0n) is 11.9. The molecule has 1 heterocycles. The third-order valence-electron chi connectivity index (χ3n) is 3.54. The first-order valence-corrected chi connectivity index (χ1v) is 7.25. The van der Waals surface area contributed by atoms with Crippen LogP contribution in [0.1, 0.15) is 40.0 Å². The van der Waals surface area contributed by atoms with E-state index in [9.17, 15) is 0 Å². The smallest absolute Gasteiger partial charge is 0.0593 e. The molecule has 1 unspecified atom stereocenters. The number of rotatable bonds is 7. The summed E-state index contributed by atoms with van der Waals surface area (Å²) in [6.07, 6.45) is 3.71. The second-order valence-electron chi connectivity index (χ2n) is 5.48. The Kier molecular flexibility index (Phi) is 7.82. The minimum atomic E-state index is 0.724. The molecule has 0 amide bonds. The zero-order valence-corrected chi connectivity index (χ0v) is 11.9. The Bertz CT molecular complexity index is 185. The average molecular weight is 242 g/mol. The molecule has 1 aliphatic rings. The summed E-state index contributed by atoms with van der Waals surface area (Å²) in [4.78, 5) is 2.53. The molecule has 1 N–H and O–H groups in total. The van der Waals surface area contributed by atoms with Gasteiger partial charge in [-0.05, 0) is 31.7 Å². The van der Waals surface area contributed by atoms with Crippen LogP contribution in [0.3, 0.4) is 0 Å². The first kappa shape index (κ1) is 14.9. The van der Waals surface area contributed by atoms with E-state index in [2.05, 4.69) is 31.0 Å². The maximum Gasteiger partial charge on any atom is 0.0593 e. The number of nitrogens with zero attached hydrogens (tertiary/aromatic N) is 1. The summed E-state index contributed by atoms with van der Waals surface area (Å²) in [5.41, 5.74) is 0. The molecule has 1 atom stereocenters. The fraction of sp³-hybridized carbons (Fsp3) is 1.00. The molecule has 0 aromatic heterocycles. The van der Waals surface area contributed by atoms with Gasteiger partial charge in [-0.1, -0.05) is 20.8 Å². The second-order valence-corrected chi connectivity index (χ2v) is 5.48. The molecule has 3 nitrogen and oxygen atoms in total. The highest BCUT2D eigenvalue weighted by atomic mass is 16.5. The third kappa shape index (κ3) is 7.02. The first-order chi connectivity index (χ1) is 8.22. The van der Waals surface area contributed by atoms with Crippen molar-refractivity contribution in [2.75, 3.05) is 39.4 Å². The van der Waals surface area contributed by atoms with Crippen molar-refractivity contribution >= 4 is 0 Å². The molecule has 0 aromatic carbocycles. The lowest BCUT2D eigenvalue weighted by Gasteiger charge is -2.19. The molecular formula is C14H30N2O. The van der Waals surface area contributed by atoms with Gasteiger partial charge in [0.2, 0.25) is 0 Å². The minimum Gasteiger partial charge on any atom is -0.380 e. The SMILES string of the molecule is CCC1CCN(CCOCCC(C)C)CCN1. The van der Waals surface area contributed by atoms with Crippen LogP contribution in [0.15, 0.2) is 0 Å². The van der Waals surface area contributed by atoms with E-state index < -0.39 is 0 Å². The number of ether oxygens (including phenoxy) is 1. The Hall–Kier alpha value is -0.120. The molecule has 102 valence electrons. The Morgan fingerprint density at radius 1 is 1.29 bits per heavy atom. The van der Waals surface area contributed by atoms with Crippen molar-refractivity contribution < 1.29 is 4.74 Å². The highest BCUT2D eigenvalue weighted by Gasteiger charge is 2.14. The van der Waals surface area contributed by atoms with E-state index in [-0.39, 0.29) is 0 Å². The van der Waals surface area contributed by atoms with Crippen molar-refractivity contribution in [1.82, 2.24) is 10.2 Å². The number of hydrogen-bond donors (Lipinski definition) is 1.